The number of hydrogen-bond donors (Lipinski definition) is 1. The largest absolute Gasteiger partial charge is 0.388 e. The summed E-state index contributed by atoms with van der Waals surface area (Å²) in [5, 5.41) is 14.9. The predicted molar refractivity (Wildman–Crippen MR) is 85.7 cm³/mol. The summed E-state index contributed by atoms with van der Waals surface area (Å²) in [5.74, 6) is 0. The number of imidazole rings is 1. The lowest BCUT2D eigenvalue weighted by Crippen LogP contribution is -2.02. The zero-order chi connectivity index (χ0) is 14.2. The van der Waals surface area contributed by atoms with Gasteiger partial charge in [0.1, 0.15) is 0 Å². The summed E-state index contributed by atoms with van der Waals surface area (Å²) in [6, 6.07) is 14.2. The van der Waals surface area contributed by atoms with Crippen LogP contribution in [0.1, 0.15) is 17.4 Å². The second-order valence-corrected chi connectivity index (χ2v) is 5.99. The first kappa shape index (κ1) is 12.6. The highest BCUT2D eigenvalue weighted by Crippen LogP contribution is 2.26. The normalized spacial score (nSPS) is 13.0. The molecule has 0 saturated heterocycles. The van der Waals surface area contributed by atoms with Crippen molar-refractivity contribution in [3.63, 3.8) is 0 Å². The first-order valence-corrected chi connectivity index (χ1v) is 7.76. The molecule has 104 valence electrons. The zero-order valence-corrected chi connectivity index (χ0v) is 12.1. The van der Waals surface area contributed by atoms with Gasteiger partial charge in [-0.1, -0.05) is 42.5 Å². The molecule has 0 fully saturated rings. The van der Waals surface area contributed by atoms with Crippen LogP contribution < -0.4 is 0 Å². The highest BCUT2D eigenvalue weighted by atomic mass is 32.1. The molecule has 4 heteroatoms. The fourth-order valence-electron chi connectivity index (χ4n) is 2.72. The van der Waals surface area contributed by atoms with E-state index in [0.29, 0.717) is 6.42 Å². The number of aliphatic hydroxyl groups is 1. The van der Waals surface area contributed by atoms with Gasteiger partial charge < -0.3 is 5.11 Å². The van der Waals surface area contributed by atoms with Crippen LogP contribution in [-0.2, 0) is 6.42 Å². The number of hydrogen-bond acceptors (Lipinski definition) is 3. The van der Waals surface area contributed by atoms with Crippen LogP contribution in [0.5, 0.6) is 0 Å². The summed E-state index contributed by atoms with van der Waals surface area (Å²) in [5.41, 5.74) is 1.88. The van der Waals surface area contributed by atoms with Crippen molar-refractivity contribution in [2.75, 3.05) is 0 Å². The molecule has 21 heavy (non-hydrogen) atoms. The smallest absolute Gasteiger partial charge is 0.193 e. The third kappa shape index (κ3) is 2.22. The van der Waals surface area contributed by atoms with E-state index in [-0.39, 0.29) is 0 Å². The van der Waals surface area contributed by atoms with Crippen molar-refractivity contribution in [3.05, 3.63) is 71.5 Å². The van der Waals surface area contributed by atoms with E-state index in [2.05, 4.69) is 23.2 Å². The van der Waals surface area contributed by atoms with E-state index in [0.717, 1.165) is 27.0 Å². The van der Waals surface area contributed by atoms with Gasteiger partial charge in [0, 0.05) is 24.2 Å². The lowest BCUT2D eigenvalue weighted by atomic mass is 9.98. The van der Waals surface area contributed by atoms with Gasteiger partial charge in [0.05, 0.1) is 11.8 Å². The third-order valence-corrected chi connectivity index (χ3v) is 4.50. The third-order valence-electron chi connectivity index (χ3n) is 3.73. The molecular formula is C17H14N2OS. The number of aliphatic hydroxyl groups excluding tert-OH is 1. The summed E-state index contributed by atoms with van der Waals surface area (Å²) in [4.78, 5) is 5.51. The fraction of sp³-hybridized carbons (Fsp3) is 0.118. The number of nitrogens with zero attached hydrogens (tertiary/aromatic N) is 2. The Morgan fingerprint density at radius 3 is 2.90 bits per heavy atom. The van der Waals surface area contributed by atoms with Gasteiger partial charge in [-0.25, -0.2) is 4.98 Å². The molecule has 0 aliphatic heterocycles. The van der Waals surface area contributed by atoms with E-state index < -0.39 is 6.10 Å². The summed E-state index contributed by atoms with van der Waals surface area (Å²) in [7, 11) is 0. The average Bonchev–Trinajstić information content (AvgIpc) is 3.07. The van der Waals surface area contributed by atoms with Crippen molar-refractivity contribution in [3.8, 4) is 0 Å². The van der Waals surface area contributed by atoms with Gasteiger partial charge in [0.25, 0.3) is 0 Å². The van der Waals surface area contributed by atoms with Crippen LogP contribution >= 0.6 is 11.3 Å². The molecule has 0 spiro atoms. The van der Waals surface area contributed by atoms with Crippen molar-refractivity contribution >= 4 is 27.1 Å². The molecule has 2 aromatic heterocycles. The molecule has 2 heterocycles. The quantitative estimate of drug-likeness (QED) is 0.623. The predicted octanol–water partition coefficient (Wildman–Crippen LogP) is 3.83. The van der Waals surface area contributed by atoms with E-state index in [1.165, 1.54) is 0 Å². The molecule has 1 atom stereocenters. The molecule has 4 aromatic rings. The van der Waals surface area contributed by atoms with Gasteiger partial charge in [0.15, 0.2) is 4.96 Å². The molecule has 2 aromatic carbocycles. The Labute approximate surface area is 126 Å². The van der Waals surface area contributed by atoms with Crippen molar-refractivity contribution < 1.29 is 5.11 Å². The number of fused-ring (bicyclic) bond motifs is 2. The summed E-state index contributed by atoms with van der Waals surface area (Å²) in [6.07, 6.45) is 3.96. The molecule has 0 saturated carbocycles. The van der Waals surface area contributed by atoms with Gasteiger partial charge in [-0.3, -0.25) is 4.40 Å². The molecule has 4 rings (SSSR count). The minimum atomic E-state index is -0.541. The van der Waals surface area contributed by atoms with Crippen LogP contribution in [0.25, 0.3) is 15.7 Å². The van der Waals surface area contributed by atoms with Gasteiger partial charge in [-0.15, -0.1) is 11.3 Å². The van der Waals surface area contributed by atoms with E-state index in [4.69, 9.17) is 0 Å². The molecule has 0 amide bonds. The summed E-state index contributed by atoms with van der Waals surface area (Å²) >= 11 is 1.60. The number of rotatable bonds is 3. The van der Waals surface area contributed by atoms with Crippen LogP contribution in [0.3, 0.4) is 0 Å². The van der Waals surface area contributed by atoms with Gasteiger partial charge in [0.2, 0.25) is 0 Å². The van der Waals surface area contributed by atoms with E-state index >= 15 is 0 Å². The Bertz CT molecular complexity index is 875. The number of benzene rings is 2. The fourth-order valence-corrected chi connectivity index (χ4v) is 3.44. The SMILES string of the molecule is OC(Cc1cn2ccsc2n1)c1cccc2ccccc12. The van der Waals surface area contributed by atoms with Crippen LogP contribution in [0.15, 0.2) is 60.2 Å². The molecule has 0 bridgehead atoms. The minimum absolute atomic E-state index is 0.530. The standard InChI is InChI=1S/C17H14N2OS/c20-16(10-13-11-19-8-9-21-17(19)18-13)15-7-3-5-12-4-1-2-6-14(12)15/h1-9,11,16,20H,10H2. The van der Waals surface area contributed by atoms with Crippen LogP contribution in [0.4, 0.5) is 0 Å². The van der Waals surface area contributed by atoms with Crippen molar-refractivity contribution in [2.24, 2.45) is 0 Å². The number of thiazole rings is 1. The zero-order valence-electron chi connectivity index (χ0n) is 11.3. The Kier molecular flexibility index (Phi) is 2.98. The first-order valence-electron chi connectivity index (χ1n) is 6.88. The molecule has 1 N–H and O–H groups in total. The topological polar surface area (TPSA) is 37.5 Å². The molecule has 0 radical (unpaired) electrons. The first-order chi connectivity index (χ1) is 10.3. The second-order valence-electron chi connectivity index (χ2n) is 5.11. The maximum absolute atomic E-state index is 10.6. The molecule has 0 aliphatic rings. The monoisotopic (exact) mass is 294 g/mol. The molecular weight excluding hydrogens is 280 g/mol. The molecule has 1 unspecified atom stereocenters. The highest BCUT2D eigenvalue weighted by Gasteiger charge is 2.14. The van der Waals surface area contributed by atoms with Gasteiger partial charge in [-0.2, -0.15) is 0 Å². The molecule has 0 aliphatic carbocycles. The summed E-state index contributed by atoms with van der Waals surface area (Å²) < 4.78 is 2.00. The lowest BCUT2D eigenvalue weighted by Gasteiger charge is -2.12. The Balaban J connectivity index is 1.69. The van der Waals surface area contributed by atoms with Gasteiger partial charge >= 0.3 is 0 Å². The summed E-state index contributed by atoms with van der Waals surface area (Å²) in [6.45, 7) is 0. The van der Waals surface area contributed by atoms with Crippen molar-refractivity contribution in [1.82, 2.24) is 9.38 Å². The van der Waals surface area contributed by atoms with E-state index in [1.807, 2.05) is 46.4 Å². The second kappa shape index (κ2) is 4.98. The highest BCUT2D eigenvalue weighted by molar-refractivity contribution is 7.15. The van der Waals surface area contributed by atoms with Crippen LogP contribution in [-0.4, -0.2) is 14.5 Å². The lowest BCUT2D eigenvalue weighted by molar-refractivity contribution is 0.179. The van der Waals surface area contributed by atoms with Crippen LogP contribution in [0.2, 0.25) is 0 Å². The van der Waals surface area contributed by atoms with Crippen molar-refractivity contribution in [2.45, 2.75) is 12.5 Å². The maximum Gasteiger partial charge on any atom is 0.193 e. The van der Waals surface area contributed by atoms with Crippen molar-refractivity contribution in [1.29, 1.82) is 0 Å². The van der Waals surface area contributed by atoms with Gasteiger partial charge in [-0.05, 0) is 16.3 Å². The Morgan fingerprint density at radius 1 is 1.14 bits per heavy atom. The van der Waals surface area contributed by atoms with E-state index in [1.54, 1.807) is 11.3 Å². The molecule has 3 nitrogen and oxygen atoms in total. The maximum atomic E-state index is 10.6. The Hall–Kier alpha value is -2.17. The Morgan fingerprint density at radius 2 is 2.00 bits per heavy atom. The average molecular weight is 294 g/mol. The van der Waals surface area contributed by atoms with Crippen LogP contribution in [0, 0.1) is 0 Å². The van der Waals surface area contributed by atoms with E-state index in [9.17, 15) is 5.11 Å². The minimum Gasteiger partial charge on any atom is -0.388 e. The number of aromatic nitrogens is 2.